The molecular formula is C21H27N3O4S. The number of carbonyl (C=O) groups is 1. The second-order valence-electron chi connectivity index (χ2n) is 7.39. The van der Waals surface area contributed by atoms with E-state index in [1.807, 2.05) is 19.1 Å². The van der Waals surface area contributed by atoms with Crippen LogP contribution in [0, 0.1) is 6.92 Å². The Kier molecular flexibility index (Phi) is 6.44. The Bertz CT molecular complexity index is 966. The lowest BCUT2D eigenvalue weighted by atomic mass is 10.0. The minimum absolute atomic E-state index is 0.0726. The van der Waals surface area contributed by atoms with Crippen LogP contribution in [0.25, 0.3) is 0 Å². The second kappa shape index (κ2) is 8.84. The molecule has 1 aliphatic rings. The third kappa shape index (κ3) is 5.27. The Hall–Kier alpha value is -2.58. The summed E-state index contributed by atoms with van der Waals surface area (Å²) in [6, 6.07) is 11.6. The molecule has 0 aromatic heterocycles. The highest BCUT2D eigenvalue weighted by atomic mass is 32.2. The Morgan fingerprint density at radius 1 is 1.10 bits per heavy atom. The zero-order chi connectivity index (χ0) is 21.0. The van der Waals surface area contributed by atoms with Crippen LogP contribution < -0.4 is 14.8 Å². The van der Waals surface area contributed by atoms with Crippen molar-refractivity contribution >= 4 is 21.6 Å². The number of carbonyl (C=O) groups excluding carboxylic acids is 1. The predicted octanol–water partition coefficient (Wildman–Crippen LogP) is 2.63. The van der Waals surface area contributed by atoms with E-state index < -0.39 is 10.0 Å². The molecule has 1 aliphatic heterocycles. The van der Waals surface area contributed by atoms with E-state index in [9.17, 15) is 13.2 Å². The highest BCUT2D eigenvalue weighted by molar-refractivity contribution is 7.92. The van der Waals surface area contributed by atoms with Crippen molar-refractivity contribution in [1.29, 1.82) is 0 Å². The SMILES string of the molecule is COc1ccc(C(=O)NC2CCN(C)CC2)cc1S(=O)(=O)Nc1ccc(C)cc1. The summed E-state index contributed by atoms with van der Waals surface area (Å²) in [5.74, 6) is -0.102. The van der Waals surface area contributed by atoms with E-state index in [2.05, 4.69) is 22.0 Å². The molecule has 0 aliphatic carbocycles. The quantitative estimate of drug-likeness (QED) is 0.754. The number of sulfonamides is 1. The Balaban J connectivity index is 1.82. The van der Waals surface area contributed by atoms with E-state index in [0.29, 0.717) is 5.69 Å². The van der Waals surface area contributed by atoms with Crippen LogP contribution in [0.3, 0.4) is 0 Å². The number of methoxy groups -OCH3 is 1. The molecule has 2 aromatic rings. The molecule has 0 unspecified atom stereocenters. The molecule has 0 atom stereocenters. The summed E-state index contributed by atoms with van der Waals surface area (Å²) in [5, 5.41) is 3.01. The summed E-state index contributed by atoms with van der Waals surface area (Å²) in [7, 11) is -0.470. The molecule has 1 fully saturated rings. The number of anilines is 1. The van der Waals surface area contributed by atoms with Crippen LogP contribution in [0.1, 0.15) is 28.8 Å². The van der Waals surface area contributed by atoms with Crippen LogP contribution in [-0.4, -0.2) is 52.5 Å². The fourth-order valence-corrected chi connectivity index (χ4v) is 4.54. The fourth-order valence-electron chi connectivity index (χ4n) is 3.28. The lowest BCUT2D eigenvalue weighted by Gasteiger charge is -2.29. The van der Waals surface area contributed by atoms with E-state index in [4.69, 9.17) is 4.74 Å². The average Bonchev–Trinajstić information content (AvgIpc) is 2.70. The first kappa shape index (κ1) is 21.1. The van der Waals surface area contributed by atoms with Crippen LogP contribution in [0.15, 0.2) is 47.4 Å². The monoisotopic (exact) mass is 417 g/mol. The summed E-state index contributed by atoms with van der Waals surface area (Å²) in [4.78, 5) is 14.8. The van der Waals surface area contributed by atoms with Gasteiger partial charge in [0, 0.05) is 17.3 Å². The Morgan fingerprint density at radius 2 is 1.76 bits per heavy atom. The molecule has 8 heteroatoms. The zero-order valence-corrected chi connectivity index (χ0v) is 17.8. The van der Waals surface area contributed by atoms with Gasteiger partial charge in [0.2, 0.25) is 0 Å². The van der Waals surface area contributed by atoms with Gasteiger partial charge < -0.3 is 15.0 Å². The first-order valence-corrected chi connectivity index (χ1v) is 11.0. The number of nitrogens with zero attached hydrogens (tertiary/aromatic N) is 1. The number of aryl methyl sites for hydroxylation is 1. The molecule has 7 nitrogen and oxygen atoms in total. The highest BCUT2D eigenvalue weighted by Gasteiger charge is 2.24. The van der Waals surface area contributed by atoms with Crippen molar-refractivity contribution < 1.29 is 17.9 Å². The van der Waals surface area contributed by atoms with Gasteiger partial charge in [-0.05, 0) is 70.2 Å². The van der Waals surface area contributed by atoms with Gasteiger partial charge in [0.1, 0.15) is 10.6 Å². The number of rotatable bonds is 6. The minimum atomic E-state index is -3.93. The largest absolute Gasteiger partial charge is 0.495 e. The smallest absolute Gasteiger partial charge is 0.265 e. The number of benzene rings is 2. The summed E-state index contributed by atoms with van der Waals surface area (Å²) in [6.45, 7) is 3.77. The number of nitrogens with one attached hydrogen (secondary N) is 2. The molecule has 1 heterocycles. The first-order chi connectivity index (χ1) is 13.8. The summed E-state index contributed by atoms with van der Waals surface area (Å²) in [6.07, 6.45) is 1.75. The van der Waals surface area contributed by atoms with E-state index >= 15 is 0 Å². The van der Waals surface area contributed by atoms with Gasteiger partial charge in [0.15, 0.2) is 0 Å². The van der Waals surface area contributed by atoms with Crippen molar-refractivity contribution in [3.63, 3.8) is 0 Å². The molecule has 156 valence electrons. The molecule has 0 radical (unpaired) electrons. The number of ether oxygens (including phenoxy) is 1. The fraction of sp³-hybridized carbons (Fsp3) is 0.381. The lowest BCUT2D eigenvalue weighted by Crippen LogP contribution is -2.43. The van der Waals surface area contributed by atoms with Gasteiger partial charge in [0.05, 0.1) is 7.11 Å². The number of hydrogen-bond donors (Lipinski definition) is 2. The van der Waals surface area contributed by atoms with E-state index in [1.54, 1.807) is 18.2 Å². The van der Waals surface area contributed by atoms with E-state index in [0.717, 1.165) is 31.5 Å². The number of amides is 1. The maximum atomic E-state index is 12.9. The van der Waals surface area contributed by atoms with Gasteiger partial charge in [0.25, 0.3) is 15.9 Å². The molecule has 3 rings (SSSR count). The molecular weight excluding hydrogens is 390 g/mol. The normalized spacial score (nSPS) is 15.7. The van der Waals surface area contributed by atoms with Crippen molar-refractivity contribution in [2.24, 2.45) is 0 Å². The zero-order valence-electron chi connectivity index (χ0n) is 16.9. The van der Waals surface area contributed by atoms with Gasteiger partial charge in [-0.2, -0.15) is 0 Å². The van der Waals surface area contributed by atoms with Crippen molar-refractivity contribution in [3.8, 4) is 5.75 Å². The molecule has 29 heavy (non-hydrogen) atoms. The lowest BCUT2D eigenvalue weighted by molar-refractivity contribution is 0.0916. The third-order valence-corrected chi connectivity index (χ3v) is 6.48. The maximum Gasteiger partial charge on any atom is 0.265 e. The third-order valence-electron chi connectivity index (χ3n) is 5.07. The van der Waals surface area contributed by atoms with Crippen LogP contribution in [0.5, 0.6) is 5.75 Å². The minimum Gasteiger partial charge on any atom is -0.495 e. The summed E-state index contributed by atoms with van der Waals surface area (Å²) < 4.78 is 33.7. The summed E-state index contributed by atoms with van der Waals surface area (Å²) in [5.41, 5.74) is 1.76. The van der Waals surface area contributed by atoms with Crippen LogP contribution in [0.4, 0.5) is 5.69 Å². The van der Waals surface area contributed by atoms with Crippen LogP contribution in [-0.2, 0) is 10.0 Å². The Morgan fingerprint density at radius 3 is 2.38 bits per heavy atom. The molecule has 2 N–H and O–H groups in total. The molecule has 0 saturated carbocycles. The average molecular weight is 418 g/mol. The topological polar surface area (TPSA) is 87.7 Å². The van der Waals surface area contributed by atoms with Crippen molar-refractivity contribution in [3.05, 3.63) is 53.6 Å². The van der Waals surface area contributed by atoms with Gasteiger partial charge in [-0.15, -0.1) is 0 Å². The van der Waals surface area contributed by atoms with E-state index in [1.165, 1.54) is 19.2 Å². The summed E-state index contributed by atoms with van der Waals surface area (Å²) >= 11 is 0. The molecule has 0 bridgehead atoms. The molecule has 1 amide bonds. The van der Waals surface area contributed by atoms with E-state index in [-0.39, 0.29) is 28.2 Å². The predicted molar refractivity (Wildman–Crippen MR) is 113 cm³/mol. The van der Waals surface area contributed by atoms with Crippen LogP contribution >= 0.6 is 0 Å². The second-order valence-corrected chi connectivity index (χ2v) is 9.04. The molecule has 2 aromatic carbocycles. The standard InChI is InChI=1S/C21H27N3O4S/c1-15-4-7-18(8-5-15)23-29(26,27)20-14-16(6-9-19(20)28-3)21(25)22-17-10-12-24(2)13-11-17/h4-9,14,17,23H,10-13H2,1-3H3,(H,22,25). The van der Waals surface area contributed by atoms with Gasteiger partial charge in [-0.3, -0.25) is 9.52 Å². The molecule has 1 saturated heterocycles. The maximum absolute atomic E-state index is 12.9. The van der Waals surface area contributed by atoms with Crippen LogP contribution in [0.2, 0.25) is 0 Å². The first-order valence-electron chi connectivity index (χ1n) is 9.55. The van der Waals surface area contributed by atoms with Gasteiger partial charge in [-0.1, -0.05) is 17.7 Å². The van der Waals surface area contributed by atoms with Gasteiger partial charge >= 0.3 is 0 Å². The van der Waals surface area contributed by atoms with Crippen molar-refractivity contribution in [2.45, 2.75) is 30.7 Å². The number of likely N-dealkylation sites (tertiary alicyclic amines) is 1. The number of piperidine rings is 1. The molecule has 0 spiro atoms. The van der Waals surface area contributed by atoms with Gasteiger partial charge in [-0.25, -0.2) is 8.42 Å². The number of hydrogen-bond acceptors (Lipinski definition) is 5. The van der Waals surface area contributed by atoms with Crippen molar-refractivity contribution in [2.75, 3.05) is 32.0 Å². The highest BCUT2D eigenvalue weighted by Crippen LogP contribution is 2.27. The Labute approximate surface area is 172 Å². The van der Waals surface area contributed by atoms with Crippen molar-refractivity contribution in [1.82, 2.24) is 10.2 Å².